The summed E-state index contributed by atoms with van der Waals surface area (Å²) in [6.45, 7) is 15.8. The molecule has 4 N–H and O–H groups in total. The Labute approximate surface area is 277 Å². The van der Waals surface area contributed by atoms with Crippen LogP contribution in [0.3, 0.4) is 0 Å². The molecule has 0 saturated carbocycles. The number of carbonyl (C=O) groups is 4. The van der Waals surface area contributed by atoms with Crippen LogP contribution >= 0.6 is 0 Å². The molecule has 0 bridgehead atoms. The number of ether oxygens (including phenoxy) is 4. The molecule has 0 aliphatic rings. The third-order valence-corrected chi connectivity index (χ3v) is 5.88. The number of benzene rings is 1. The van der Waals surface area contributed by atoms with Crippen molar-refractivity contribution in [1.82, 2.24) is 15.6 Å². The fourth-order valence-electron chi connectivity index (χ4n) is 3.91. The third-order valence-electron chi connectivity index (χ3n) is 5.88. The van der Waals surface area contributed by atoms with Crippen molar-refractivity contribution in [2.75, 3.05) is 18.5 Å². The number of aliphatic hydroxyl groups is 1. The standard InChI is InChI=1S/C34H50N4O9/c1-32(2,3)45-29(41)26(39)21-44-24-16-13-22(14-17-24)23-15-18-27(36-20-23)38-28(40)25(37-31(43)47-34(7,8)9)12-10-11-19-35-30(42)46-33(4,5)6/h13-18,20,25-26,39H,10-12,19,21H2,1-9H3,(H,35,42)(H,37,43)(H,36,38,40). The maximum Gasteiger partial charge on any atom is 0.408 e. The Kier molecular flexibility index (Phi) is 14.0. The molecule has 47 heavy (non-hydrogen) atoms. The maximum absolute atomic E-state index is 13.2. The Morgan fingerprint density at radius 3 is 1.89 bits per heavy atom. The average Bonchev–Trinajstić information content (AvgIpc) is 2.93. The molecule has 1 aromatic carbocycles. The Balaban J connectivity index is 1.97. The predicted octanol–water partition coefficient (Wildman–Crippen LogP) is 5.36. The quantitative estimate of drug-likeness (QED) is 0.125. The van der Waals surface area contributed by atoms with Crippen molar-refractivity contribution in [3.8, 4) is 16.9 Å². The van der Waals surface area contributed by atoms with Crippen molar-refractivity contribution >= 4 is 29.9 Å². The van der Waals surface area contributed by atoms with Crippen LogP contribution < -0.4 is 20.7 Å². The molecule has 260 valence electrons. The van der Waals surface area contributed by atoms with Gasteiger partial charge in [0.15, 0.2) is 6.10 Å². The van der Waals surface area contributed by atoms with E-state index in [4.69, 9.17) is 18.9 Å². The van der Waals surface area contributed by atoms with E-state index in [-0.39, 0.29) is 12.4 Å². The van der Waals surface area contributed by atoms with E-state index in [0.717, 1.165) is 11.1 Å². The summed E-state index contributed by atoms with van der Waals surface area (Å²) >= 11 is 0. The number of esters is 1. The Morgan fingerprint density at radius 2 is 1.34 bits per heavy atom. The van der Waals surface area contributed by atoms with Crippen molar-refractivity contribution in [3.05, 3.63) is 42.6 Å². The van der Waals surface area contributed by atoms with Crippen molar-refractivity contribution in [1.29, 1.82) is 0 Å². The molecule has 0 aliphatic heterocycles. The molecule has 0 saturated heterocycles. The van der Waals surface area contributed by atoms with Gasteiger partial charge in [0.25, 0.3) is 0 Å². The fourth-order valence-corrected chi connectivity index (χ4v) is 3.91. The van der Waals surface area contributed by atoms with Crippen LogP contribution in [0.25, 0.3) is 11.1 Å². The molecular weight excluding hydrogens is 608 g/mol. The van der Waals surface area contributed by atoms with Gasteiger partial charge in [-0.25, -0.2) is 19.4 Å². The van der Waals surface area contributed by atoms with Crippen LogP contribution in [0.1, 0.15) is 81.6 Å². The monoisotopic (exact) mass is 658 g/mol. The molecular formula is C34H50N4O9. The van der Waals surface area contributed by atoms with Gasteiger partial charge in [-0.1, -0.05) is 12.1 Å². The van der Waals surface area contributed by atoms with Gasteiger partial charge in [-0.05, 0) is 111 Å². The van der Waals surface area contributed by atoms with E-state index in [9.17, 15) is 24.3 Å². The Morgan fingerprint density at radius 1 is 0.766 bits per heavy atom. The molecule has 0 aliphatic carbocycles. The number of rotatable bonds is 13. The SMILES string of the molecule is CC(C)(C)OC(=O)NCCCCC(NC(=O)OC(C)(C)C)C(=O)Nc1ccc(-c2ccc(OCC(O)C(=O)OC(C)(C)C)cc2)cn1. The zero-order chi connectivity index (χ0) is 35.4. The van der Waals surface area contributed by atoms with Gasteiger partial charge in [-0.3, -0.25) is 4.79 Å². The maximum atomic E-state index is 13.2. The van der Waals surface area contributed by atoms with Gasteiger partial charge in [0.05, 0.1) is 0 Å². The molecule has 0 spiro atoms. The van der Waals surface area contributed by atoms with Gasteiger partial charge < -0.3 is 40.0 Å². The third kappa shape index (κ3) is 16.1. The van der Waals surface area contributed by atoms with E-state index in [2.05, 4.69) is 20.9 Å². The van der Waals surface area contributed by atoms with Crippen molar-refractivity contribution < 1.29 is 43.2 Å². The molecule has 2 atom stereocenters. The second-order valence-corrected chi connectivity index (χ2v) is 13.9. The minimum absolute atomic E-state index is 0.253. The molecule has 0 radical (unpaired) electrons. The van der Waals surface area contributed by atoms with Crippen LogP contribution in [0.5, 0.6) is 5.75 Å². The van der Waals surface area contributed by atoms with Gasteiger partial charge in [0.1, 0.15) is 41.0 Å². The lowest BCUT2D eigenvalue weighted by atomic mass is 10.1. The molecule has 1 heterocycles. The number of carbonyl (C=O) groups excluding carboxylic acids is 4. The number of unbranched alkanes of at least 4 members (excludes halogenated alkanes) is 1. The number of amides is 3. The lowest BCUT2D eigenvalue weighted by Crippen LogP contribution is -2.46. The van der Waals surface area contributed by atoms with Crippen LogP contribution in [0, 0.1) is 0 Å². The number of aliphatic hydroxyl groups excluding tert-OH is 1. The zero-order valence-corrected chi connectivity index (χ0v) is 28.9. The first kappa shape index (κ1) is 38.8. The minimum atomic E-state index is -1.42. The van der Waals surface area contributed by atoms with Gasteiger partial charge in [-0.15, -0.1) is 0 Å². The highest BCUT2D eigenvalue weighted by Crippen LogP contribution is 2.23. The lowest BCUT2D eigenvalue weighted by Gasteiger charge is -2.23. The molecule has 2 unspecified atom stereocenters. The van der Waals surface area contributed by atoms with Crippen LogP contribution in [-0.2, 0) is 23.8 Å². The fraction of sp³-hybridized carbons (Fsp3) is 0.559. The number of aromatic nitrogens is 1. The summed E-state index contributed by atoms with van der Waals surface area (Å²) in [5, 5.41) is 18.1. The summed E-state index contributed by atoms with van der Waals surface area (Å²) in [4.78, 5) is 53.8. The predicted molar refractivity (Wildman–Crippen MR) is 177 cm³/mol. The van der Waals surface area contributed by atoms with E-state index in [1.807, 2.05) is 0 Å². The zero-order valence-electron chi connectivity index (χ0n) is 28.9. The molecule has 13 nitrogen and oxygen atoms in total. The average molecular weight is 659 g/mol. The van der Waals surface area contributed by atoms with Crippen molar-refractivity contribution in [2.45, 2.75) is 111 Å². The number of nitrogens with zero attached hydrogens (tertiary/aromatic N) is 1. The van der Waals surface area contributed by atoms with Crippen molar-refractivity contribution in [3.63, 3.8) is 0 Å². The van der Waals surface area contributed by atoms with Gasteiger partial charge >= 0.3 is 18.2 Å². The summed E-state index contributed by atoms with van der Waals surface area (Å²) in [6, 6.07) is 9.50. The van der Waals surface area contributed by atoms with E-state index >= 15 is 0 Å². The highest BCUT2D eigenvalue weighted by molar-refractivity contribution is 5.96. The number of nitrogens with one attached hydrogen (secondary N) is 3. The van der Waals surface area contributed by atoms with Crippen LogP contribution in [0.2, 0.25) is 0 Å². The minimum Gasteiger partial charge on any atom is -0.490 e. The summed E-state index contributed by atoms with van der Waals surface area (Å²) in [5.74, 6) is -0.479. The number of anilines is 1. The van der Waals surface area contributed by atoms with Crippen LogP contribution in [0.15, 0.2) is 42.6 Å². The van der Waals surface area contributed by atoms with Gasteiger partial charge in [0.2, 0.25) is 5.91 Å². The smallest absolute Gasteiger partial charge is 0.408 e. The van der Waals surface area contributed by atoms with Crippen LogP contribution in [-0.4, -0.2) is 76.3 Å². The molecule has 1 aromatic heterocycles. The first-order valence-corrected chi connectivity index (χ1v) is 15.6. The first-order chi connectivity index (χ1) is 21.7. The topological polar surface area (TPSA) is 174 Å². The summed E-state index contributed by atoms with van der Waals surface area (Å²) < 4.78 is 21.2. The number of hydrogen-bond acceptors (Lipinski definition) is 10. The lowest BCUT2D eigenvalue weighted by molar-refractivity contribution is -0.166. The molecule has 2 aromatic rings. The highest BCUT2D eigenvalue weighted by Gasteiger charge is 2.25. The van der Waals surface area contributed by atoms with Gasteiger partial charge in [0, 0.05) is 18.3 Å². The second kappa shape index (κ2) is 17.0. The highest BCUT2D eigenvalue weighted by atomic mass is 16.6. The summed E-state index contributed by atoms with van der Waals surface area (Å²) in [7, 11) is 0. The first-order valence-electron chi connectivity index (χ1n) is 15.6. The Hall–Kier alpha value is -4.39. The van der Waals surface area contributed by atoms with E-state index in [0.29, 0.717) is 31.6 Å². The molecule has 13 heteroatoms. The van der Waals surface area contributed by atoms with E-state index in [1.54, 1.807) is 105 Å². The van der Waals surface area contributed by atoms with Crippen LogP contribution in [0.4, 0.5) is 15.4 Å². The normalized spacial score (nSPS) is 13.1. The van der Waals surface area contributed by atoms with E-state index < -0.39 is 53.0 Å². The Bertz CT molecular complexity index is 1330. The van der Waals surface area contributed by atoms with Crippen molar-refractivity contribution in [2.24, 2.45) is 0 Å². The largest absolute Gasteiger partial charge is 0.490 e. The summed E-state index contributed by atoms with van der Waals surface area (Å²) in [5.41, 5.74) is -0.475. The summed E-state index contributed by atoms with van der Waals surface area (Å²) in [6.07, 6.45) is 0.308. The number of pyridine rings is 1. The molecule has 2 rings (SSSR count). The molecule has 0 fully saturated rings. The second-order valence-electron chi connectivity index (χ2n) is 13.9. The molecule has 3 amide bonds. The number of alkyl carbamates (subject to hydrolysis) is 2. The number of hydrogen-bond donors (Lipinski definition) is 4. The van der Waals surface area contributed by atoms with E-state index in [1.165, 1.54) is 0 Å². The van der Waals surface area contributed by atoms with Gasteiger partial charge in [-0.2, -0.15) is 0 Å².